The summed E-state index contributed by atoms with van der Waals surface area (Å²) in [6.45, 7) is 5.09. The molecule has 1 N–H and O–H groups in total. The highest BCUT2D eigenvalue weighted by Crippen LogP contribution is 2.33. The topological polar surface area (TPSA) is 35.9 Å². The molecule has 2 aromatic carbocycles. The Kier molecular flexibility index (Phi) is 3.81. The smallest absolute Gasteiger partial charge is 0.170 e. The molecule has 2 heterocycles. The molecule has 4 heteroatoms. The van der Waals surface area contributed by atoms with E-state index in [1.165, 1.54) is 22.4 Å². The molecule has 0 amide bonds. The maximum absolute atomic E-state index is 10.8. The molecule has 1 saturated heterocycles. The molecule has 0 aromatic heterocycles. The lowest BCUT2D eigenvalue weighted by Crippen LogP contribution is -2.61. The summed E-state index contributed by atoms with van der Waals surface area (Å²) in [5, 5.41) is 10.8. The van der Waals surface area contributed by atoms with Gasteiger partial charge in [-0.25, -0.2) is 0 Å². The summed E-state index contributed by atoms with van der Waals surface area (Å²) in [5.74, 6) is 0. The number of aliphatic hydroxyl groups is 1. The van der Waals surface area contributed by atoms with Crippen molar-refractivity contribution in [1.82, 2.24) is 4.90 Å². The fourth-order valence-electron chi connectivity index (χ4n) is 3.46. The van der Waals surface area contributed by atoms with Gasteiger partial charge in [0.1, 0.15) is 0 Å². The van der Waals surface area contributed by atoms with E-state index in [-0.39, 0.29) is 6.23 Å². The Morgan fingerprint density at radius 1 is 1.09 bits per heavy atom. The van der Waals surface area contributed by atoms with E-state index in [1.807, 2.05) is 12.1 Å². The van der Waals surface area contributed by atoms with Crippen LogP contribution in [-0.2, 0) is 17.9 Å². The van der Waals surface area contributed by atoms with E-state index in [9.17, 15) is 5.11 Å². The maximum Gasteiger partial charge on any atom is 0.170 e. The van der Waals surface area contributed by atoms with Crippen molar-refractivity contribution >= 4 is 5.69 Å². The van der Waals surface area contributed by atoms with Crippen LogP contribution in [0, 0.1) is 6.92 Å². The average molecular weight is 310 g/mol. The van der Waals surface area contributed by atoms with E-state index in [1.54, 1.807) is 0 Å². The standard InChI is InChI=1S/C19H22N2O2/c1-14-6-8-15(9-7-14)12-20-10-11-21-17-5-3-2-4-16(17)13-23-19(21)18(20)22/h2-9,18-19,22H,10-13H2,1H3. The molecule has 0 aliphatic carbocycles. The number of fused-ring (bicyclic) bond motifs is 3. The first kappa shape index (κ1) is 14.7. The van der Waals surface area contributed by atoms with E-state index in [2.05, 4.69) is 53.1 Å². The molecule has 0 spiro atoms. The third kappa shape index (κ3) is 2.74. The van der Waals surface area contributed by atoms with Crippen LogP contribution in [0.4, 0.5) is 5.69 Å². The molecule has 4 rings (SSSR count). The molecule has 120 valence electrons. The summed E-state index contributed by atoms with van der Waals surface area (Å²) in [4.78, 5) is 4.29. The van der Waals surface area contributed by atoms with Crippen LogP contribution >= 0.6 is 0 Å². The highest BCUT2D eigenvalue weighted by atomic mass is 16.5. The summed E-state index contributed by atoms with van der Waals surface area (Å²) in [6, 6.07) is 16.8. The molecule has 1 fully saturated rings. The van der Waals surface area contributed by atoms with Gasteiger partial charge < -0.3 is 14.7 Å². The second-order valence-electron chi connectivity index (χ2n) is 6.39. The van der Waals surface area contributed by atoms with Gasteiger partial charge in [-0.3, -0.25) is 4.90 Å². The summed E-state index contributed by atoms with van der Waals surface area (Å²) < 4.78 is 5.94. The molecule has 2 aliphatic heterocycles. The van der Waals surface area contributed by atoms with E-state index in [4.69, 9.17) is 4.74 Å². The molecular formula is C19H22N2O2. The van der Waals surface area contributed by atoms with Crippen LogP contribution in [0.1, 0.15) is 16.7 Å². The highest BCUT2D eigenvalue weighted by Gasteiger charge is 2.39. The molecule has 2 aromatic rings. The molecule has 23 heavy (non-hydrogen) atoms. The van der Waals surface area contributed by atoms with Crippen molar-refractivity contribution in [2.24, 2.45) is 0 Å². The molecular weight excluding hydrogens is 288 g/mol. The van der Waals surface area contributed by atoms with Crippen LogP contribution in [0.25, 0.3) is 0 Å². The zero-order chi connectivity index (χ0) is 15.8. The predicted octanol–water partition coefficient (Wildman–Crippen LogP) is 2.49. The molecule has 0 radical (unpaired) electrons. The van der Waals surface area contributed by atoms with E-state index >= 15 is 0 Å². The first-order valence-corrected chi connectivity index (χ1v) is 8.16. The molecule has 4 nitrogen and oxygen atoms in total. The normalized spacial score (nSPS) is 24.2. The summed E-state index contributed by atoms with van der Waals surface area (Å²) >= 11 is 0. The first-order valence-electron chi connectivity index (χ1n) is 8.16. The van der Waals surface area contributed by atoms with Gasteiger partial charge in [-0.2, -0.15) is 0 Å². The number of ether oxygens (including phenoxy) is 1. The zero-order valence-corrected chi connectivity index (χ0v) is 13.4. The maximum atomic E-state index is 10.8. The van der Waals surface area contributed by atoms with Gasteiger partial charge in [-0.05, 0) is 18.6 Å². The Morgan fingerprint density at radius 3 is 2.70 bits per heavy atom. The Balaban J connectivity index is 1.52. The van der Waals surface area contributed by atoms with E-state index < -0.39 is 6.23 Å². The monoisotopic (exact) mass is 310 g/mol. The van der Waals surface area contributed by atoms with Gasteiger partial charge in [0.25, 0.3) is 0 Å². The minimum Gasteiger partial charge on any atom is -0.374 e. The fraction of sp³-hybridized carbons (Fsp3) is 0.368. The average Bonchev–Trinajstić information content (AvgIpc) is 2.59. The molecule has 2 aliphatic rings. The van der Waals surface area contributed by atoms with E-state index in [0.29, 0.717) is 6.61 Å². The minimum atomic E-state index is -0.613. The summed E-state index contributed by atoms with van der Waals surface area (Å²) in [7, 11) is 0. The number of hydrogen-bond donors (Lipinski definition) is 1. The van der Waals surface area contributed by atoms with Crippen molar-refractivity contribution in [3.05, 3.63) is 65.2 Å². The van der Waals surface area contributed by atoms with Crippen molar-refractivity contribution in [2.75, 3.05) is 18.0 Å². The second kappa shape index (κ2) is 5.96. The van der Waals surface area contributed by atoms with Crippen molar-refractivity contribution in [1.29, 1.82) is 0 Å². The zero-order valence-electron chi connectivity index (χ0n) is 13.4. The van der Waals surface area contributed by atoms with Gasteiger partial charge in [0, 0.05) is 30.9 Å². The molecule has 2 atom stereocenters. The van der Waals surface area contributed by atoms with Crippen LogP contribution in [0.3, 0.4) is 0 Å². The lowest BCUT2D eigenvalue weighted by atomic mass is 10.1. The second-order valence-corrected chi connectivity index (χ2v) is 6.39. The van der Waals surface area contributed by atoms with E-state index in [0.717, 1.165) is 19.6 Å². The number of piperazine rings is 1. The van der Waals surface area contributed by atoms with Gasteiger partial charge in [0.05, 0.1) is 6.61 Å². The Labute approximate surface area is 136 Å². The minimum absolute atomic E-state index is 0.288. The van der Waals surface area contributed by atoms with Crippen molar-refractivity contribution < 1.29 is 9.84 Å². The van der Waals surface area contributed by atoms with Gasteiger partial charge in [-0.15, -0.1) is 0 Å². The molecule has 2 unspecified atom stereocenters. The van der Waals surface area contributed by atoms with Crippen LogP contribution < -0.4 is 4.90 Å². The lowest BCUT2D eigenvalue weighted by molar-refractivity contribution is -0.140. The molecule has 0 saturated carbocycles. The van der Waals surface area contributed by atoms with Gasteiger partial charge in [-0.1, -0.05) is 48.0 Å². The SMILES string of the molecule is Cc1ccc(CN2CCN3c4ccccc4COC3C2O)cc1. The summed E-state index contributed by atoms with van der Waals surface area (Å²) in [5.41, 5.74) is 4.87. The number of aliphatic hydroxyl groups excluding tert-OH is 1. The number of rotatable bonds is 2. The number of benzene rings is 2. The lowest BCUT2D eigenvalue weighted by Gasteiger charge is -2.48. The van der Waals surface area contributed by atoms with Crippen LogP contribution in [0.5, 0.6) is 0 Å². The number of hydrogen-bond acceptors (Lipinski definition) is 4. The number of nitrogens with zero attached hydrogens (tertiary/aromatic N) is 2. The van der Waals surface area contributed by atoms with Crippen LogP contribution in [-0.4, -0.2) is 35.6 Å². The number of anilines is 1. The highest BCUT2D eigenvalue weighted by molar-refractivity contribution is 5.55. The van der Waals surface area contributed by atoms with Gasteiger partial charge in [0.15, 0.2) is 12.5 Å². The van der Waals surface area contributed by atoms with Crippen LogP contribution in [0.2, 0.25) is 0 Å². The van der Waals surface area contributed by atoms with Crippen molar-refractivity contribution in [3.63, 3.8) is 0 Å². The quantitative estimate of drug-likeness (QED) is 0.924. The van der Waals surface area contributed by atoms with Gasteiger partial charge in [0.2, 0.25) is 0 Å². The Hall–Kier alpha value is -1.88. The Bertz CT molecular complexity index is 686. The summed E-state index contributed by atoms with van der Waals surface area (Å²) in [6.07, 6.45) is -0.900. The first-order chi connectivity index (χ1) is 11.2. The third-order valence-corrected chi connectivity index (χ3v) is 4.78. The van der Waals surface area contributed by atoms with Crippen LogP contribution in [0.15, 0.2) is 48.5 Å². The predicted molar refractivity (Wildman–Crippen MR) is 90.0 cm³/mol. The number of para-hydroxylation sites is 1. The molecule has 0 bridgehead atoms. The Morgan fingerprint density at radius 2 is 1.87 bits per heavy atom. The fourth-order valence-corrected chi connectivity index (χ4v) is 3.46. The number of aryl methyl sites for hydroxylation is 1. The third-order valence-electron chi connectivity index (χ3n) is 4.78. The van der Waals surface area contributed by atoms with Gasteiger partial charge >= 0.3 is 0 Å². The van der Waals surface area contributed by atoms with Crippen molar-refractivity contribution in [2.45, 2.75) is 32.5 Å². The van der Waals surface area contributed by atoms with Crippen molar-refractivity contribution in [3.8, 4) is 0 Å². The largest absolute Gasteiger partial charge is 0.374 e.